The summed E-state index contributed by atoms with van der Waals surface area (Å²) < 4.78 is 18.0. The second-order valence-electron chi connectivity index (χ2n) is 5.44. The summed E-state index contributed by atoms with van der Waals surface area (Å²) in [7, 11) is 1.69. The second kappa shape index (κ2) is 8.00. The van der Waals surface area contributed by atoms with E-state index in [4.69, 9.17) is 4.74 Å². The van der Waals surface area contributed by atoms with Crippen LogP contribution in [0, 0.1) is 5.82 Å². The number of carbonyl (C=O) groups excluding carboxylic acids is 1. The molecule has 0 bridgehead atoms. The molecule has 0 saturated heterocycles. The smallest absolute Gasteiger partial charge is 0.257 e. The highest BCUT2D eigenvalue weighted by molar-refractivity contribution is 7.14. The highest BCUT2D eigenvalue weighted by Crippen LogP contribution is 2.25. The number of carbonyl (C=O) groups is 1. The molecule has 0 aliphatic carbocycles. The third-order valence-corrected chi connectivity index (χ3v) is 4.43. The van der Waals surface area contributed by atoms with Gasteiger partial charge in [0.25, 0.3) is 5.91 Å². The van der Waals surface area contributed by atoms with Gasteiger partial charge in [-0.05, 0) is 36.2 Å². The van der Waals surface area contributed by atoms with Gasteiger partial charge in [0, 0.05) is 23.6 Å². The summed E-state index contributed by atoms with van der Waals surface area (Å²) in [5, 5.41) is 5.14. The van der Waals surface area contributed by atoms with Gasteiger partial charge in [0.1, 0.15) is 5.82 Å². The number of hydrogen-bond donors (Lipinski definition) is 1. The van der Waals surface area contributed by atoms with Crippen molar-refractivity contribution in [2.45, 2.75) is 6.42 Å². The zero-order chi connectivity index (χ0) is 17.6. The Bertz CT molecular complexity index is 845. The van der Waals surface area contributed by atoms with Gasteiger partial charge in [0.05, 0.1) is 12.3 Å². The van der Waals surface area contributed by atoms with Crippen molar-refractivity contribution in [3.05, 3.63) is 70.9 Å². The van der Waals surface area contributed by atoms with E-state index < -0.39 is 0 Å². The van der Waals surface area contributed by atoms with Gasteiger partial charge in [-0.25, -0.2) is 9.37 Å². The molecular formula is C19H17FN2O2S. The molecule has 2 aromatic carbocycles. The van der Waals surface area contributed by atoms with Crippen LogP contribution in [0.1, 0.15) is 15.9 Å². The summed E-state index contributed by atoms with van der Waals surface area (Å²) in [6.07, 6.45) is 0.868. The van der Waals surface area contributed by atoms with E-state index in [0.29, 0.717) is 17.3 Å². The number of nitrogens with one attached hydrogen (secondary N) is 1. The summed E-state index contributed by atoms with van der Waals surface area (Å²) >= 11 is 1.35. The van der Waals surface area contributed by atoms with Crippen molar-refractivity contribution in [1.82, 2.24) is 4.98 Å². The number of ether oxygens (including phenoxy) is 1. The molecule has 6 heteroatoms. The molecule has 0 fully saturated rings. The number of rotatable bonds is 6. The summed E-state index contributed by atoms with van der Waals surface area (Å²) in [5.74, 6) is -0.683. The van der Waals surface area contributed by atoms with Crippen LogP contribution in [0.2, 0.25) is 0 Å². The number of aromatic nitrogens is 1. The lowest BCUT2D eigenvalue weighted by molar-refractivity contribution is 0.102. The zero-order valence-electron chi connectivity index (χ0n) is 13.7. The normalized spacial score (nSPS) is 10.6. The van der Waals surface area contributed by atoms with Crippen LogP contribution in [-0.2, 0) is 11.2 Å². The van der Waals surface area contributed by atoms with E-state index in [1.807, 2.05) is 29.6 Å². The largest absolute Gasteiger partial charge is 0.384 e. The first-order chi connectivity index (χ1) is 12.2. The number of halogens is 1. The molecule has 0 saturated carbocycles. The fourth-order valence-corrected chi connectivity index (χ4v) is 3.01. The monoisotopic (exact) mass is 356 g/mol. The maximum Gasteiger partial charge on any atom is 0.257 e. The van der Waals surface area contributed by atoms with Crippen molar-refractivity contribution >= 4 is 22.4 Å². The maximum atomic E-state index is 12.9. The van der Waals surface area contributed by atoms with Crippen LogP contribution < -0.4 is 5.32 Å². The highest BCUT2D eigenvalue weighted by Gasteiger charge is 2.10. The lowest BCUT2D eigenvalue weighted by Crippen LogP contribution is -2.11. The summed E-state index contributed by atoms with van der Waals surface area (Å²) in [4.78, 5) is 16.6. The molecule has 0 aliphatic rings. The van der Waals surface area contributed by atoms with Crippen molar-refractivity contribution < 1.29 is 13.9 Å². The molecule has 3 aromatic rings. The zero-order valence-corrected chi connectivity index (χ0v) is 14.5. The maximum absolute atomic E-state index is 12.9. The van der Waals surface area contributed by atoms with Gasteiger partial charge in [0.15, 0.2) is 5.13 Å². The minimum atomic E-state index is -0.373. The average Bonchev–Trinajstić information content (AvgIpc) is 3.09. The van der Waals surface area contributed by atoms with Gasteiger partial charge in [0.2, 0.25) is 0 Å². The lowest BCUT2D eigenvalue weighted by atomic mass is 10.1. The van der Waals surface area contributed by atoms with Crippen LogP contribution in [0.5, 0.6) is 0 Å². The van der Waals surface area contributed by atoms with Gasteiger partial charge in [-0.2, -0.15) is 0 Å². The fraction of sp³-hybridized carbons (Fsp3) is 0.158. The van der Waals surface area contributed by atoms with Crippen LogP contribution in [0.15, 0.2) is 53.9 Å². The van der Waals surface area contributed by atoms with E-state index >= 15 is 0 Å². The van der Waals surface area contributed by atoms with E-state index in [1.54, 1.807) is 7.11 Å². The second-order valence-corrected chi connectivity index (χ2v) is 6.30. The minimum Gasteiger partial charge on any atom is -0.384 e. The SMILES string of the molecule is COCCc1ccc(-c2csc(NC(=O)c3ccc(F)cc3)n2)cc1. The lowest BCUT2D eigenvalue weighted by Gasteiger charge is -2.03. The Morgan fingerprint density at radius 1 is 1.16 bits per heavy atom. The Balaban J connectivity index is 1.67. The summed E-state index contributed by atoms with van der Waals surface area (Å²) in [6.45, 7) is 0.690. The van der Waals surface area contributed by atoms with Crippen LogP contribution in [-0.4, -0.2) is 24.6 Å². The quantitative estimate of drug-likeness (QED) is 0.713. The number of hydrogen-bond acceptors (Lipinski definition) is 4. The van der Waals surface area contributed by atoms with E-state index in [0.717, 1.165) is 17.7 Å². The van der Waals surface area contributed by atoms with Gasteiger partial charge in [-0.15, -0.1) is 11.3 Å². The number of nitrogens with zero attached hydrogens (tertiary/aromatic N) is 1. The van der Waals surface area contributed by atoms with Crippen molar-refractivity contribution in [3.8, 4) is 11.3 Å². The molecule has 1 amide bonds. The molecule has 1 aromatic heterocycles. The van der Waals surface area contributed by atoms with E-state index in [1.165, 1.54) is 41.2 Å². The Morgan fingerprint density at radius 2 is 1.88 bits per heavy atom. The summed E-state index contributed by atoms with van der Waals surface area (Å²) in [6, 6.07) is 13.5. The average molecular weight is 356 g/mol. The Kier molecular flexibility index (Phi) is 5.53. The first-order valence-corrected chi connectivity index (χ1v) is 8.64. The molecule has 0 atom stereocenters. The molecule has 1 heterocycles. The molecule has 0 radical (unpaired) electrons. The number of methoxy groups -OCH3 is 1. The highest BCUT2D eigenvalue weighted by atomic mass is 32.1. The topological polar surface area (TPSA) is 51.2 Å². The molecule has 0 spiro atoms. The molecule has 0 aliphatic heterocycles. The van der Waals surface area contributed by atoms with E-state index in [-0.39, 0.29) is 11.7 Å². The van der Waals surface area contributed by atoms with Crippen molar-refractivity contribution in [3.63, 3.8) is 0 Å². The first-order valence-electron chi connectivity index (χ1n) is 7.76. The molecule has 1 N–H and O–H groups in total. The third kappa shape index (κ3) is 4.49. The number of amides is 1. The molecular weight excluding hydrogens is 339 g/mol. The van der Waals surface area contributed by atoms with Crippen molar-refractivity contribution in [2.75, 3.05) is 19.0 Å². The number of thiazole rings is 1. The Morgan fingerprint density at radius 3 is 2.56 bits per heavy atom. The molecule has 0 unspecified atom stereocenters. The molecule has 128 valence electrons. The van der Waals surface area contributed by atoms with Crippen LogP contribution in [0.3, 0.4) is 0 Å². The van der Waals surface area contributed by atoms with Crippen LogP contribution in [0.4, 0.5) is 9.52 Å². The standard InChI is InChI=1S/C19H17FN2O2S/c1-24-11-10-13-2-4-14(5-3-13)17-12-25-19(21-17)22-18(23)15-6-8-16(20)9-7-15/h2-9,12H,10-11H2,1H3,(H,21,22,23). The third-order valence-electron chi connectivity index (χ3n) is 3.68. The molecule has 4 nitrogen and oxygen atoms in total. The van der Waals surface area contributed by atoms with E-state index in [2.05, 4.69) is 10.3 Å². The van der Waals surface area contributed by atoms with Gasteiger partial charge >= 0.3 is 0 Å². The summed E-state index contributed by atoms with van der Waals surface area (Å²) in [5.41, 5.74) is 3.38. The van der Waals surface area contributed by atoms with Gasteiger partial charge in [-0.1, -0.05) is 24.3 Å². The molecule has 3 rings (SSSR count). The Labute approximate surface area is 149 Å². The fourth-order valence-electron chi connectivity index (χ4n) is 2.30. The first kappa shape index (κ1) is 17.3. The van der Waals surface area contributed by atoms with Crippen molar-refractivity contribution in [2.24, 2.45) is 0 Å². The van der Waals surface area contributed by atoms with E-state index in [9.17, 15) is 9.18 Å². The van der Waals surface area contributed by atoms with Crippen LogP contribution in [0.25, 0.3) is 11.3 Å². The van der Waals surface area contributed by atoms with Gasteiger partial charge in [-0.3, -0.25) is 10.1 Å². The van der Waals surface area contributed by atoms with Crippen LogP contribution >= 0.6 is 11.3 Å². The Hall–Kier alpha value is -2.57. The van der Waals surface area contributed by atoms with Gasteiger partial charge < -0.3 is 4.74 Å². The number of benzene rings is 2. The predicted octanol–water partition coefficient (Wildman–Crippen LogP) is 4.39. The minimum absolute atomic E-state index is 0.309. The molecule has 25 heavy (non-hydrogen) atoms. The predicted molar refractivity (Wildman–Crippen MR) is 97.5 cm³/mol. The number of anilines is 1. The van der Waals surface area contributed by atoms with Crippen molar-refractivity contribution in [1.29, 1.82) is 0 Å².